The first-order valence-corrected chi connectivity index (χ1v) is 11.5. The molecule has 2 fully saturated rings. The lowest BCUT2D eigenvalue weighted by molar-refractivity contribution is -0.145. The highest BCUT2D eigenvalue weighted by atomic mass is 16.5. The summed E-state index contributed by atoms with van der Waals surface area (Å²) in [5.74, 6) is 2.04. The van der Waals surface area contributed by atoms with Crippen molar-refractivity contribution in [3.8, 4) is 17.6 Å². The van der Waals surface area contributed by atoms with Crippen LogP contribution >= 0.6 is 0 Å². The number of esters is 1. The third kappa shape index (κ3) is 3.52. The minimum absolute atomic E-state index is 0.0227. The molecule has 3 aliphatic rings. The fourth-order valence-corrected chi connectivity index (χ4v) is 6.29. The molecule has 0 saturated heterocycles. The second kappa shape index (κ2) is 8.16. The molecule has 2 aromatic rings. The van der Waals surface area contributed by atoms with Gasteiger partial charge in [-0.2, -0.15) is 5.26 Å². The largest absolute Gasteiger partial charge is 0.493 e. The lowest BCUT2D eigenvalue weighted by Crippen LogP contribution is -2.23. The average Bonchev–Trinajstić information content (AvgIpc) is 3.49. The van der Waals surface area contributed by atoms with E-state index in [9.17, 15) is 10.1 Å². The minimum Gasteiger partial charge on any atom is -0.493 e. The van der Waals surface area contributed by atoms with Gasteiger partial charge in [-0.15, -0.1) is 0 Å². The monoisotopic (exact) mass is 431 g/mol. The van der Waals surface area contributed by atoms with Gasteiger partial charge in [0.15, 0.2) is 11.5 Å². The van der Waals surface area contributed by atoms with Crippen molar-refractivity contribution in [3.63, 3.8) is 0 Å². The van der Waals surface area contributed by atoms with Gasteiger partial charge in [0.05, 0.1) is 31.6 Å². The van der Waals surface area contributed by atoms with Crippen molar-refractivity contribution in [3.05, 3.63) is 59.2 Å². The zero-order valence-corrected chi connectivity index (χ0v) is 18.7. The summed E-state index contributed by atoms with van der Waals surface area (Å²) in [5.41, 5.74) is 3.13. The van der Waals surface area contributed by atoms with E-state index in [2.05, 4.69) is 30.3 Å². The molecule has 0 radical (unpaired) electrons. The lowest BCUT2D eigenvalue weighted by Gasteiger charge is -2.25. The molecule has 3 aliphatic carbocycles. The van der Waals surface area contributed by atoms with Gasteiger partial charge in [0.2, 0.25) is 0 Å². The molecule has 166 valence electrons. The highest BCUT2D eigenvalue weighted by Gasteiger charge is 2.52. The van der Waals surface area contributed by atoms with E-state index in [1.807, 2.05) is 18.2 Å². The first-order chi connectivity index (χ1) is 15.5. The van der Waals surface area contributed by atoms with Gasteiger partial charge in [0.1, 0.15) is 6.10 Å². The zero-order valence-electron chi connectivity index (χ0n) is 18.7. The predicted octanol–water partition coefficient (Wildman–Crippen LogP) is 4.61. The average molecular weight is 432 g/mol. The van der Waals surface area contributed by atoms with E-state index in [0.717, 1.165) is 44.1 Å². The van der Waals surface area contributed by atoms with E-state index in [-0.39, 0.29) is 18.0 Å². The summed E-state index contributed by atoms with van der Waals surface area (Å²) in [6, 6.07) is 17.1. The highest BCUT2D eigenvalue weighted by Crippen LogP contribution is 2.56. The first-order valence-electron chi connectivity index (χ1n) is 11.5. The van der Waals surface area contributed by atoms with Crippen LogP contribution in [0, 0.1) is 29.1 Å². The van der Waals surface area contributed by atoms with Crippen molar-refractivity contribution in [2.75, 3.05) is 14.2 Å². The van der Waals surface area contributed by atoms with Gasteiger partial charge in [0.25, 0.3) is 0 Å². The summed E-state index contributed by atoms with van der Waals surface area (Å²) < 4.78 is 17.0. The van der Waals surface area contributed by atoms with Crippen molar-refractivity contribution in [1.82, 2.24) is 0 Å². The topological polar surface area (TPSA) is 68.6 Å². The Morgan fingerprint density at radius 1 is 1.00 bits per heavy atom. The molecule has 0 aromatic heterocycles. The number of ether oxygens (including phenoxy) is 3. The van der Waals surface area contributed by atoms with Gasteiger partial charge in [-0.3, -0.25) is 4.79 Å². The molecule has 0 aliphatic heterocycles. The number of nitriles is 1. The van der Waals surface area contributed by atoms with Crippen molar-refractivity contribution in [2.45, 2.75) is 50.0 Å². The fraction of sp³-hybridized carbons (Fsp3) is 0.481. The van der Waals surface area contributed by atoms with Gasteiger partial charge in [-0.05, 0) is 66.3 Å². The van der Waals surface area contributed by atoms with Crippen LogP contribution in [0.25, 0.3) is 0 Å². The summed E-state index contributed by atoms with van der Waals surface area (Å²) in [6.45, 7) is 0. The number of fused-ring (bicyclic) bond motifs is 2. The number of carbonyl (C=O) groups is 1. The van der Waals surface area contributed by atoms with Crippen LogP contribution in [-0.2, 0) is 27.8 Å². The van der Waals surface area contributed by atoms with Crippen LogP contribution < -0.4 is 9.47 Å². The number of benzene rings is 2. The molecule has 2 saturated carbocycles. The summed E-state index contributed by atoms with van der Waals surface area (Å²) in [4.78, 5) is 12.0. The molecule has 0 heterocycles. The Kier molecular flexibility index (Phi) is 5.33. The summed E-state index contributed by atoms with van der Waals surface area (Å²) >= 11 is 0. The van der Waals surface area contributed by atoms with E-state index in [0.29, 0.717) is 23.3 Å². The quantitative estimate of drug-likeness (QED) is 0.647. The number of nitrogens with zero attached hydrogens (tertiary/aromatic N) is 1. The Hall–Kier alpha value is -3.00. The number of hydrogen-bond donors (Lipinski definition) is 0. The molecule has 0 amide bonds. The number of rotatable bonds is 5. The molecule has 2 aromatic carbocycles. The molecule has 5 nitrogen and oxygen atoms in total. The Morgan fingerprint density at radius 3 is 2.22 bits per heavy atom. The molecule has 5 heteroatoms. The van der Waals surface area contributed by atoms with Crippen LogP contribution in [0.3, 0.4) is 0 Å². The smallest absolute Gasteiger partial charge is 0.308 e. The van der Waals surface area contributed by atoms with Crippen molar-refractivity contribution in [2.24, 2.45) is 17.8 Å². The van der Waals surface area contributed by atoms with Crippen LogP contribution in [0.2, 0.25) is 0 Å². The Labute approximate surface area is 189 Å². The van der Waals surface area contributed by atoms with E-state index in [4.69, 9.17) is 14.2 Å². The normalized spacial score (nSPS) is 28.6. The van der Waals surface area contributed by atoms with Gasteiger partial charge in [0, 0.05) is 12.8 Å². The van der Waals surface area contributed by atoms with Gasteiger partial charge in [-0.1, -0.05) is 30.3 Å². The lowest BCUT2D eigenvalue weighted by atomic mass is 9.77. The molecular formula is C27H29NO4. The summed E-state index contributed by atoms with van der Waals surface area (Å²) in [6.07, 6.45) is 5.03. The van der Waals surface area contributed by atoms with E-state index < -0.39 is 5.41 Å². The van der Waals surface area contributed by atoms with Crippen LogP contribution in [0.1, 0.15) is 42.4 Å². The van der Waals surface area contributed by atoms with Gasteiger partial charge in [-0.25, -0.2) is 0 Å². The van der Waals surface area contributed by atoms with Crippen molar-refractivity contribution in [1.29, 1.82) is 5.26 Å². The first kappa shape index (κ1) is 20.9. The maximum Gasteiger partial charge on any atom is 0.308 e. The van der Waals surface area contributed by atoms with Crippen LogP contribution in [0.15, 0.2) is 42.5 Å². The maximum atomic E-state index is 12.0. The minimum atomic E-state index is -0.542. The molecule has 0 spiro atoms. The molecule has 2 unspecified atom stereocenters. The predicted molar refractivity (Wildman–Crippen MR) is 120 cm³/mol. The maximum absolute atomic E-state index is 12.0. The standard InChI is InChI=1S/C27H29NO4/c1-30-24-8-7-22(13-25(24)32-23-11-17-5-3-4-6-18(17)12-23)27(16-28)14-20-9-19(26(29)31-2)10-21(20)15-27/h3-8,13,19-21,23H,9-12,14-15H2,1-2H3/t19?,20-,21+,27?. The zero-order chi connectivity index (χ0) is 22.3. The Bertz CT molecular complexity index is 1030. The Morgan fingerprint density at radius 2 is 1.66 bits per heavy atom. The molecular weight excluding hydrogens is 402 g/mol. The summed E-state index contributed by atoms with van der Waals surface area (Å²) in [7, 11) is 3.11. The SMILES string of the molecule is COC(=O)C1C[C@@H]2CC(C#N)(c3ccc(OC)c(OC4Cc5ccccc5C4)c3)C[C@@H]2C1. The van der Waals surface area contributed by atoms with Crippen LogP contribution in [-0.4, -0.2) is 26.3 Å². The van der Waals surface area contributed by atoms with Crippen molar-refractivity contribution >= 4 is 5.97 Å². The number of hydrogen-bond acceptors (Lipinski definition) is 5. The second-order valence-electron chi connectivity index (χ2n) is 9.60. The molecule has 32 heavy (non-hydrogen) atoms. The van der Waals surface area contributed by atoms with E-state index in [1.165, 1.54) is 18.2 Å². The second-order valence-corrected chi connectivity index (χ2v) is 9.60. The molecule has 5 rings (SSSR count). The molecule has 0 N–H and O–H groups in total. The van der Waals surface area contributed by atoms with Crippen LogP contribution in [0.4, 0.5) is 0 Å². The highest BCUT2D eigenvalue weighted by molar-refractivity contribution is 5.72. The van der Waals surface area contributed by atoms with Crippen LogP contribution in [0.5, 0.6) is 11.5 Å². The van der Waals surface area contributed by atoms with Gasteiger partial charge >= 0.3 is 5.97 Å². The fourth-order valence-electron chi connectivity index (χ4n) is 6.29. The van der Waals surface area contributed by atoms with Gasteiger partial charge < -0.3 is 14.2 Å². The number of carbonyl (C=O) groups excluding carboxylic acids is 1. The summed E-state index contributed by atoms with van der Waals surface area (Å²) in [5, 5.41) is 10.3. The third-order valence-electron chi connectivity index (χ3n) is 7.83. The molecule has 4 atom stereocenters. The number of methoxy groups -OCH3 is 2. The molecule has 0 bridgehead atoms. The van der Waals surface area contributed by atoms with E-state index >= 15 is 0 Å². The Balaban J connectivity index is 1.37. The van der Waals surface area contributed by atoms with E-state index in [1.54, 1.807) is 7.11 Å². The third-order valence-corrected chi connectivity index (χ3v) is 7.83. The van der Waals surface area contributed by atoms with Crippen molar-refractivity contribution < 1.29 is 19.0 Å².